The van der Waals surface area contributed by atoms with Gasteiger partial charge >= 0.3 is 5.97 Å². The van der Waals surface area contributed by atoms with E-state index in [9.17, 15) is 14.0 Å². The molecule has 5 nitrogen and oxygen atoms in total. The summed E-state index contributed by atoms with van der Waals surface area (Å²) in [5.41, 5.74) is 2.40. The summed E-state index contributed by atoms with van der Waals surface area (Å²) in [6.07, 6.45) is 1.20. The van der Waals surface area contributed by atoms with Crippen molar-refractivity contribution < 1.29 is 19.1 Å². The number of amides is 1. The van der Waals surface area contributed by atoms with Crippen molar-refractivity contribution in [3.8, 4) is 0 Å². The van der Waals surface area contributed by atoms with Crippen LogP contribution in [0.1, 0.15) is 26.3 Å². The molecule has 0 spiro atoms. The summed E-state index contributed by atoms with van der Waals surface area (Å²) in [5.74, 6) is -2.47. The molecule has 1 amide bonds. The first-order valence-corrected chi connectivity index (χ1v) is 6.00. The van der Waals surface area contributed by atoms with Crippen molar-refractivity contribution >= 4 is 18.1 Å². The van der Waals surface area contributed by atoms with Crippen molar-refractivity contribution in [2.45, 2.75) is 0 Å². The summed E-state index contributed by atoms with van der Waals surface area (Å²) >= 11 is 0. The molecule has 0 saturated carbocycles. The summed E-state index contributed by atoms with van der Waals surface area (Å²) in [4.78, 5) is 22.7. The number of carboxylic acid groups (broad SMARTS) is 1. The normalized spacial score (nSPS) is 10.5. The minimum absolute atomic E-state index is 0.0568. The Bertz CT molecular complexity index is 714. The highest BCUT2D eigenvalue weighted by Crippen LogP contribution is 2.07. The van der Waals surface area contributed by atoms with E-state index in [1.165, 1.54) is 36.5 Å². The number of carbonyl (C=O) groups excluding carboxylic acids is 1. The Morgan fingerprint density at radius 2 is 1.67 bits per heavy atom. The summed E-state index contributed by atoms with van der Waals surface area (Å²) in [5, 5.41) is 12.6. The molecule has 0 aromatic heterocycles. The van der Waals surface area contributed by atoms with Gasteiger partial charge in [-0.25, -0.2) is 14.6 Å². The first kappa shape index (κ1) is 14.4. The molecule has 0 radical (unpaired) electrons. The van der Waals surface area contributed by atoms with Gasteiger partial charge in [-0.05, 0) is 18.2 Å². The first-order chi connectivity index (χ1) is 10.1. The molecule has 0 aliphatic rings. The quantitative estimate of drug-likeness (QED) is 0.668. The molecule has 0 heterocycles. The van der Waals surface area contributed by atoms with Gasteiger partial charge in [0.2, 0.25) is 0 Å². The highest BCUT2D eigenvalue weighted by molar-refractivity contribution is 5.99. The number of aromatic carboxylic acids is 1. The average Bonchev–Trinajstić information content (AvgIpc) is 2.48. The van der Waals surface area contributed by atoms with Crippen LogP contribution in [-0.2, 0) is 0 Å². The molecule has 0 saturated heterocycles. The number of benzene rings is 2. The molecular formula is C15H11FN2O3. The van der Waals surface area contributed by atoms with Crippen molar-refractivity contribution in [1.82, 2.24) is 5.43 Å². The van der Waals surface area contributed by atoms with Crippen LogP contribution >= 0.6 is 0 Å². The zero-order valence-corrected chi connectivity index (χ0v) is 10.8. The van der Waals surface area contributed by atoms with Crippen LogP contribution in [-0.4, -0.2) is 23.2 Å². The average molecular weight is 286 g/mol. The highest BCUT2D eigenvalue weighted by atomic mass is 19.1. The van der Waals surface area contributed by atoms with E-state index < -0.39 is 17.7 Å². The van der Waals surface area contributed by atoms with Crippen LogP contribution in [0.25, 0.3) is 0 Å². The Balaban J connectivity index is 2.12. The van der Waals surface area contributed by atoms with Crippen LogP contribution < -0.4 is 5.43 Å². The lowest BCUT2D eigenvalue weighted by Crippen LogP contribution is -2.19. The molecular weight excluding hydrogens is 275 g/mol. The first-order valence-electron chi connectivity index (χ1n) is 6.00. The van der Waals surface area contributed by atoms with E-state index in [1.807, 2.05) is 0 Å². The number of nitrogens with one attached hydrogen (secondary N) is 1. The summed E-state index contributed by atoms with van der Waals surface area (Å²) in [7, 11) is 0. The van der Waals surface area contributed by atoms with E-state index in [2.05, 4.69) is 10.5 Å². The molecule has 2 N–H and O–H groups in total. The molecule has 2 rings (SSSR count). The van der Waals surface area contributed by atoms with E-state index in [0.29, 0.717) is 5.56 Å². The second-order valence-electron chi connectivity index (χ2n) is 4.07. The third-order valence-corrected chi connectivity index (χ3v) is 2.68. The number of hydrogen-bond donors (Lipinski definition) is 2. The minimum Gasteiger partial charge on any atom is -0.478 e. The zero-order valence-electron chi connectivity index (χ0n) is 10.8. The van der Waals surface area contributed by atoms with Crippen LogP contribution in [0, 0.1) is 5.82 Å². The Kier molecular flexibility index (Phi) is 4.40. The maximum atomic E-state index is 13.4. The monoisotopic (exact) mass is 286 g/mol. The topological polar surface area (TPSA) is 78.8 Å². The van der Waals surface area contributed by atoms with Gasteiger partial charge in [0.15, 0.2) is 0 Å². The van der Waals surface area contributed by atoms with Gasteiger partial charge in [-0.1, -0.05) is 30.3 Å². The van der Waals surface area contributed by atoms with Gasteiger partial charge in [-0.3, -0.25) is 4.79 Å². The highest BCUT2D eigenvalue weighted by Gasteiger charge is 2.10. The van der Waals surface area contributed by atoms with Crippen LogP contribution in [0.5, 0.6) is 0 Å². The van der Waals surface area contributed by atoms with Gasteiger partial charge < -0.3 is 5.11 Å². The molecule has 2 aromatic rings. The third-order valence-electron chi connectivity index (χ3n) is 2.68. The van der Waals surface area contributed by atoms with Gasteiger partial charge in [-0.2, -0.15) is 5.10 Å². The number of carbonyl (C=O) groups is 2. The zero-order chi connectivity index (χ0) is 15.2. The largest absolute Gasteiger partial charge is 0.478 e. The van der Waals surface area contributed by atoms with E-state index in [4.69, 9.17) is 5.11 Å². The fourth-order valence-corrected chi connectivity index (χ4v) is 1.67. The Morgan fingerprint density at radius 3 is 2.33 bits per heavy atom. The third kappa shape index (κ3) is 3.50. The summed E-state index contributed by atoms with van der Waals surface area (Å²) in [6.45, 7) is 0. The molecule has 6 heteroatoms. The standard InChI is InChI=1S/C15H11FN2O3/c16-13-8-4-3-7-12(13)14(19)18-17-9-10-5-1-2-6-11(10)15(20)21/h1-9H,(H,18,19)(H,20,21). The van der Waals surface area contributed by atoms with Crippen LogP contribution in [0.4, 0.5) is 4.39 Å². The fraction of sp³-hybridized carbons (Fsp3) is 0. The molecule has 0 aliphatic heterocycles. The minimum atomic E-state index is -1.10. The van der Waals surface area contributed by atoms with Crippen molar-refractivity contribution in [3.63, 3.8) is 0 Å². The number of halogens is 1. The van der Waals surface area contributed by atoms with Gasteiger partial charge in [-0.15, -0.1) is 0 Å². The summed E-state index contributed by atoms with van der Waals surface area (Å²) < 4.78 is 13.4. The van der Waals surface area contributed by atoms with Gasteiger partial charge in [0, 0.05) is 5.56 Å². The number of rotatable bonds is 4. The van der Waals surface area contributed by atoms with Crippen LogP contribution in [0.15, 0.2) is 53.6 Å². The number of carboxylic acids is 1. The maximum absolute atomic E-state index is 13.4. The van der Waals surface area contributed by atoms with Gasteiger partial charge in [0.05, 0.1) is 17.3 Å². The lowest BCUT2D eigenvalue weighted by molar-refractivity contribution is 0.0696. The Labute approximate surface area is 119 Å². The Hall–Kier alpha value is -3.02. The molecule has 0 unspecified atom stereocenters. The number of hydrogen-bond acceptors (Lipinski definition) is 3. The van der Waals surface area contributed by atoms with Crippen molar-refractivity contribution in [2.24, 2.45) is 5.10 Å². The predicted molar refractivity (Wildman–Crippen MR) is 74.9 cm³/mol. The van der Waals surface area contributed by atoms with E-state index >= 15 is 0 Å². The van der Waals surface area contributed by atoms with Crippen molar-refractivity contribution in [1.29, 1.82) is 0 Å². The van der Waals surface area contributed by atoms with Crippen LogP contribution in [0.2, 0.25) is 0 Å². The second-order valence-corrected chi connectivity index (χ2v) is 4.07. The van der Waals surface area contributed by atoms with E-state index in [0.717, 1.165) is 0 Å². The number of nitrogens with zero attached hydrogens (tertiary/aromatic N) is 1. The molecule has 0 bridgehead atoms. The van der Waals surface area contributed by atoms with E-state index in [-0.39, 0.29) is 11.1 Å². The van der Waals surface area contributed by atoms with Crippen molar-refractivity contribution in [3.05, 3.63) is 71.0 Å². The fourth-order valence-electron chi connectivity index (χ4n) is 1.67. The molecule has 2 aromatic carbocycles. The predicted octanol–water partition coefficient (Wildman–Crippen LogP) is 2.29. The number of hydrazone groups is 1. The molecule has 0 aliphatic carbocycles. The van der Waals surface area contributed by atoms with E-state index in [1.54, 1.807) is 18.2 Å². The Morgan fingerprint density at radius 1 is 1.05 bits per heavy atom. The maximum Gasteiger partial charge on any atom is 0.336 e. The van der Waals surface area contributed by atoms with Crippen molar-refractivity contribution in [2.75, 3.05) is 0 Å². The SMILES string of the molecule is O=C(NN=Cc1ccccc1C(=O)O)c1ccccc1F. The second kappa shape index (κ2) is 6.42. The lowest BCUT2D eigenvalue weighted by atomic mass is 10.1. The van der Waals surface area contributed by atoms with Crippen LogP contribution in [0.3, 0.4) is 0 Å². The molecule has 21 heavy (non-hydrogen) atoms. The molecule has 0 atom stereocenters. The lowest BCUT2D eigenvalue weighted by Gasteiger charge is -2.02. The smallest absolute Gasteiger partial charge is 0.336 e. The summed E-state index contributed by atoms with van der Waals surface area (Å²) in [6, 6.07) is 11.7. The molecule has 0 fully saturated rings. The van der Waals surface area contributed by atoms with Gasteiger partial charge in [0.1, 0.15) is 5.82 Å². The molecule has 106 valence electrons. The van der Waals surface area contributed by atoms with Gasteiger partial charge in [0.25, 0.3) is 5.91 Å².